The number of rotatable bonds is 1. The number of ether oxygens (including phenoxy) is 1. The summed E-state index contributed by atoms with van der Waals surface area (Å²) in [5.74, 6) is -0.866. The van der Waals surface area contributed by atoms with E-state index in [1.54, 1.807) is 20.8 Å². The molecule has 0 unspecified atom stereocenters. The number of hydrogen-bond donors (Lipinski definition) is 0. The van der Waals surface area contributed by atoms with Gasteiger partial charge in [0.1, 0.15) is 11.6 Å². The average molecular weight is 240 g/mol. The molecule has 0 saturated carbocycles. The molecule has 1 saturated heterocycles. The topological polar surface area (TPSA) is 76.0 Å². The van der Waals surface area contributed by atoms with Crippen LogP contribution in [0.25, 0.3) is 0 Å². The molecule has 1 atom stereocenters. The molecule has 1 aliphatic heterocycles. The van der Waals surface area contributed by atoms with Crippen molar-refractivity contribution in [3.8, 4) is 0 Å². The highest BCUT2D eigenvalue weighted by atomic mass is 16.6. The smallest absolute Gasteiger partial charge is 0.411 e. The van der Waals surface area contributed by atoms with Gasteiger partial charge >= 0.3 is 12.0 Å². The Morgan fingerprint density at radius 3 is 2.53 bits per heavy atom. The number of carbonyl (C=O) groups is 2. The third-order valence-corrected chi connectivity index (χ3v) is 2.26. The highest BCUT2D eigenvalue weighted by molar-refractivity contribution is 5.87. The molecule has 0 aromatic heterocycles. The zero-order valence-corrected chi connectivity index (χ0v) is 10.2. The number of nitrogens with zero attached hydrogens (tertiary/aromatic N) is 2. The standard InChI is InChI=1S/C11H16N2O4/c1-7-5-8(9(14)12-16)13(6-7)10(15)17-11(2,3)4/h8H,1,5-6H2,2-4H3/t8-/m0/s1. The molecule has 1 rings (SSSR count). The molecule has 2 amide bonds. The monoisotopic (exact) mass is 240 g/mol. The summed E-state index contributed by atoms with van der Waals surface area (Å²) in [5, 5.41) is 2.35. The van der Waals surface area contributed by atoms with Crippen molar-refractivity contribution in [1.82, 2.24) is 4.90 Å². The molecule has 0 aliphatic carbocycles. The van der Waals surface area contributed by atoms with E-state index in [9.17, 15) is 14.5 Å². The summed E-state index contributed by atoms with van der Waals surface area (Å²) in [4.78, 5) is 34.5. The lowest BCUT2D eigenvalue weighted by Crippen LogP contribution is -2.42. The SMILES string of the molecule is C=C1C[C@@H](C(=O)N=O)N(C(=O)OC(C)(C)C)C1. The molecular formula is C11H16N2O4. The van der Waals surface area contributed by atoms with E-state index < -0.39 is 23.6 Å². The Morgan fingerprint density at radius 2 is 2.06 bits per heavy atom. The molecule has 17 heavy (non-hydrogen) atoms. The van der Waals surface area contributed by atoms with Gasteiger partial charge in [-0.15, -0.1) is 4.91 Å². The fraction of sp³-hybridized carbons (Fsp3) is 0.636. The largest absolute Gasteiger partial charge is 0.444 e. The van der Waals surface area contributed by atoms with Gasteiger partial charge in [-0.1, -0.05) is 12.2 Å². The first-order valence-electron chi connectivity index (χ1n) is 5.28. The second-order valence-electron chi connectivity index (χ2n) is 5.01. The van der Waals surface area contributed by atoms with Gasteiger partial charge in [-0.3, -0.25) is 9.69 Å². The normalized spacial score (nSPS) is 20.3. The lowest BCUT2D eigenvalue weighted by molar-refractivity contribution is -0.122. The van der Waals surface area contributed by atoms with Gasteiger partial charge in [-0.25, -0.2) is 4.79 Å². The van der Waals surface area contributed by atoms with E-state index >= 15 is 0 Å². The van der Waals surface area contributed by atoms with E-state index in [1.807, 2.05) is 0 Å². The molecule has 0 aromatic carbocycles. The van der Waals surface area contributed by atoms with Crippen molar-refractivity contribution in [3.63, 3.8) is 0 Å². The van der Waals surface area contributed by atoms with Gasteiger partial charge in [0, 0.05) is 11.7 Å². The molecule has 6 nitrogen and oxygen atoms in total. The van der Waals surface area contributed by atoms with Gasteiger partial charge in [0.15, 0.2) is 0 Å². The zero-order chi connectivity index (χ0) is 13.2. The van der Waals surface area contributed by atoms with Crippen LogP contribution in [0.1, 0.15) is 27.2 Å². The number of nitroso groups, excluding NO2 is 1. The van der Waals surface area contributed by atoms with E-state index in [2.05, 4.69) is 11.8 Å². The van der Waals surface area contributed by atoms with E-state index in [1.165, 1.54) is 4.90 Å². The van der Waals surface area contributed by atoms with Crippen molar-refractivity contribution < 1.29 is 14.3 Å². The summed E-state index contributed by atoms with van der Waals surface area (Å²) in [7, 11) is 0. The van der Waals surface area contributed by atoms with Crippen molar-refractivity contribution in [2.24, 2.45) is 5.18 Å². The maximum atomic E-state index is 11.8. The molecule has 6 heteroatoms. The van der Waals surface area contributed by atoms with Crippen LogP contribution >= 0.6 is 0 Å². The Balaban J connectivity index is 2.80. The third-order valence-electron chi connectivity index (χ3n) is 2.26. The van der Waals surface area contributed by atoms with Crippen LogP contribution in [-0.2, 0) is 9.53 Å². The maximum Gasteiger partial charge on any atom is 0.411 e. The van der Waals surface area contributed by atoms with Crippen LogP contribution in [0.5, 0.6) is 0 Å². The van der Waals surface area contributed by atoms with Gasteiger partial charge in [0.25, 0.3) is 0 Å². The number of likely N-dealkylation sites (tertiary alicyclic amines) is 1. The molecule has 1 heterocycles. The van der Waals surface area contributed by atoms with Gasteiger partial charge in [0.05, 0.1) is 0 Å². The third kappa shape index (κ3) is 3.37. The van der Waals surface area contributed by atoms with Crippen LogP contribution in [0.3, 0.4) is 0 Å². The van der Waals surface area contributed by atoms with Gasteiger partial charge < -0.3 is 4.74 Å². The van der Waals surface area contributed by atoms with E-state index in [-0.39, 0.29) is 13.0 Å². The van der Waals surface area contributed by atoms with Crippen molar-refractivity contribution in [1.29, 1.82) is 0 Å². The first-order chi connectivity index (χ1) is 7.74. The van der Waals surface area contributed by atoms with Crippen molar-refractivity contribution >= 4 is 12.0 Å². The molecule has 0 bridgehead atoms. The average Bonchev–Trinajstić information content (AvgIpc) is 2.56. The minimum Gasteiger partial charge on any atom is -0.444 e. The number of carbonyl (C=O) groups excluding carboxylic acids is 2. The second-order valence-corrected chi connectivity index (χ2v) is 5.01. The van der Waals surface area contributed by atoms with E-state index in [0.29, 0.717) is 5.57 Å². The van der Waals surface area contributed by atoms with Crippen LogP contribution in [0, 0.1) is 4.91 Å². The second kappa shape index (κ2) is 4.65. The summed E-state index contributed by atoms with van der Waals surface area (Å²) >= 11 is 0. The van der Waals surface area contributed by atoms with Crippen LogP contribution in [0.4, 0.5) is 4.79 Å². The lowest BCUT2D eigenvalue weighted by Gasteiger charge is -2.26. The van der Waals surface area contributed by atoms with Gasteiger partial charge in [0.2, 0.25) is 0 Å². The molecule has 0 aromatic rings. The molecular weight excluding hydrogens is 224 g/mol. The molecule has 0 spiro atoms. The summed E-state index contributed by atoms with van der Waals surface area (Å²) in [6, 6.07) is -0.866. The van der Waals surface area contributed by atoms with Gasteiger partial charge in [-0.05, 0) is 27.2 Å². The first kappa shape index (κ1) is 13.3. The van der Waals surface area contributed by atoms with Crippen LogP contribution in [0.2, 0.25) is 0 Å². The predicted molar refractivity (Wildman–Crippen MR) is 61.3 cm³/mol. The lowest BCUT2D eigenvalue weighted by atomic mass is 10.2. The summed E-state index contributed by atoms with van der Waals surface area (Å²) in [6.07, 6.45) is -0.359. The summed E-state index contributed by atoms with van der Waals surface area (Å²) in [5.41, 5.74) is 0.0568. The van der Waals surface area contributed by atoms with Crippen LogP contribution < -0.4 is 0 Å². The van der Waals surface area contributed by atoms with E-state index in [4.69, 9.17) is 4.74 Å². The Morgan fingerprint density at radius 1 is 1.47 bits per heavy atom. The Bertz CT molecular complexity index is 370. The summed E-state index contributed by atoms with van der Waals surface area (Å²) in [6.45, 7) is 9.11. The summed E-state index contributed by atoms with van der Waals surface area (Å²) < 4.78 is 5.14. The van der Waals surface area contributed by atoms with Gasteiger partial charge in [-0.2, -0.15) is 0 Å². The quantitative estimate of drug-likeness (QED) is 0.517. The zero-order valence-electron chi connectivity index (χ0n) is 10.2. The molecule has 0 N–H and O–H groups in total. The molecule has 0 radical (unpaired) electrons. The van der Waals surface area contributed by atoms with Crippen LogP contribution in [-0.4, -0.2) is 35.1 Å². The Kier molecular flexibility index (Phi) is 3.65. The number of amides is 2. The number of hydrogen-bond acceptors (Lipinski definition) is 4. The molecule has 94 valence electrons. The fourth-order valence-electron chi connectivity index (χ4n) is 1.59. The fourth-order valence-corrected chi connectivity index (χ4v) is 1.59. The Labute approximate surface area is 99.6 Å². The highest BCUT2D eigenvalue weighted by Crippen LogP contribution is 2.24. The maximum absolute atomic E-state index is 11.8. The minimum absolute atomic E-state index is 0.223. The van der Waals surface area contributed by atoms with Crippen molar-refractivity contribution in [2.75, 3.05) is 6.54 Å². The van der Waals surface area contributed by atoms with Crippen molar-refractivity contribution in [2.45, 2.75) is 38.8 Å². The van der Waals surface area contributed by atoms with Crippen molar-refractivity contribution in [3.05, 3.63) is 17.1 Å². The Hall–Kier alpha value is -1.72. The van der Waals surface area contributed by atoms with E-state index in [0.717, 1.165) is 0 Å². The molecule has 1 fully saturated rings. The highest BCUT2D eigenvalue weighted by Gasteiger charge is 2.38. The minimum atomic E-state index is -0.866. The first-order valence-corrected chi connectivity index (χ1v) is 5.28. The van der Waals surface area contributed by atoms with Crippen LogP contribution in [0.15, 0.2) is 17.3 Å². The predicted octanol–water partition coefficient (Wildman–Crippen LogP) is 1.84. The molecule has 1 aliphatic rings.